The Morgan fingerprint density at radius 2 is 2.24 bits per heavy atom. The first-order chi connectivity index (χ1) is 10.1. The maximum absolute atomic E-state index is 12.1. The van der Waals surface area contributed by atoms with Crippen LogP contribution in [-0.2, 0) is 6.54 Å². The number of aromatic nitrogens is 3. The largest absolute Gasteiger partial charge is 0.373 e. The van der Waals surface area contributed by atoms with Crippen molar-refractivity contribution in [3.8, 4) is 6.07 Å². The second kappa shape index (κ2) is 6.66. The van der Waals surface area contributed by atoms with E-state index in [-0.39, 0.29) is 5.56 Å². The van der Waals surface area contributed by atoms with Gasteiger partial charge in [-0.05, 0) is 24.1 Å². The molecule has 0 N–H and O–H groups in total. The van der Waals surface area contributed by atoms with Gasteiger partial charge < -0.3 is 4.90 Å². The van der Waals surface area contributed by atoms with Crippen molar-refractivity contribution in [2.24, 2.45) is 0 Å². The molecule has 2 aromatic heterocycles. The van der Waals surface area contributed by atoms with E-state index in [1.54, 1.807) is 30.6 Å². The van der Waals surface area contributed by atoms with E-state index in [0.717, 1.165) is 24.2 Å². The molecule has 0 aliphatic rings. The van der Waals surface area contributed by atoms with Gasteiger partial charge in [-0.3, -0.25) is 4.79 Å². The number of pyridine rings is 1. The first-order valence-electron chi connectivity index (χ1n) is 6.77. The Hall–Kier alpha value is -2.68. The Balaban J connectivity index is 2.21. The molecule has 0 aliphatic heterocycles. The van der Waals surface area contributed by atoms with Gasteiger partial charge in [0.2, 0.25) is 0 Å². The fourth-order valence-electron chi connectivity index (χ4n) is 2.02. The Labute approximate surface area is 123 Å². The van der Waals surface area contributed by atoms with E-state index in [1.807, 2.05) is 18.0 Å². The predicted octanol–water partition coefficient (Wildman–Crippen LogP) is 1.40. The van der Waals surface area contributed by atoms with Gasteiger partial charge >= 0.3 is 0 Å². The molecule has 0 atom stereocenters. The van der Waals surface area contributed by atoms with Crippen molar-refractivity contribution in [1.82, 2.24) is 14.8 Å². The van der Waals surface area contributed by atoms with E-state index in [1.165, 1.54) is 4.68 Å². The Morgan fingerprint density at radius 1 is 1.43 bits per heavy atom. The van der Waals surface area contributed by atoms with Crippen molar-refractivity contribution in [2.45, 2.75) is 19.9 Å². The lowest BCUT2D eigenvalue weighted by Crippen LogP contribution is -2.26. The number of hydrogen-bond acceptors (Lipinski definition) is 5. The maximum Gasteiger partial charge on any atom is 0.269 e. The van der Waals surface area contributed by atoms with E-state index in [0.29, 0.717) is 12.2 Å². The van der Waals surface area contributed by atoms with Crippen LogP contribution in [0, 0.1) is 11.3 Å². The third-order valence-corrected chi connectivity index (χ3v) is 3.13. The monoisotopic (exact) mass is 283 g/mol. The zero-order valence-electron chi connectivity index (χ0n) is 12.2. The SMILES string of the molecule is CCCN(C)c1cnn(Cc2ccnc(C#N)c2)c(=O)c1. The highest BCUT2D eigenvalue weighted by Gasteiger charge is 2.05. The van der Waals surface area contributed by atoms with Crippen molar-refractivity contribution in [2.75, 3.05) is 18.5 Å². The first kappa shape index (κ1) is 14.7. The molecule has 0 aromatic carbocycles. The van der Waals surface area contributed by atoms with Crippen molar-refractivity contribution in [3.63, 3.8) is 0 Å². The molecule has 6 nitrogen and oxygen atoms in total. The summed E-state index contributed by atoms with van der Waals surface area (Å²) in [6.07, 6.45) is 4.25. The number of hydrogen-bond donors (Lipinski definition) is 0. The fourth-order valence-corrected chi connectivity index (χ4v) is 2.02. The standard InChI is InChI=1S/C15H17N5O/c1-3-6-19(2)14-8-15(21)20(18-10-14)11-12-4-5-17-13(7-12)9-16/h4-5,7-8,10H,3,6,11H2,1-2H3. The molecule has 0 saturated heterocycles. The van der Waals surface area contributed by atoms with Crippen LogP contribution in [0.4, 0.5) is 5.69 Å². The van der Waals surface area contributed by atoms with Crippen LogP contribution in [0.5, 0.6) is 0 Å². The number of nitriles is 1. The molecule has 0 aliphatic carbocycles. The Morgan fingerprint density at radius 3 is 2.90 bits per heavy atom. The van der Waals surface area contributed by atoms with Crippen LogP contribution in [-0.4, -0.2) is 28.4 Å². The van der Waals surface area contributed by atoms with Crippen molar-refractivity contribution in [3.05, 3.63) is 52.2 Å². The molecule has 0 saturated carbocycles. The van der Waals surface area contributed by atoms with Gasteiger partial charge in [-0.25, -0.2) is 9.67 Å². The zero-order valence-corrected chi connectivity index (χ0v) is 12.2. The minimum Gasteiger partial charge on any atom is -0.373 e. The van der Waals surface area contributed by atoms with Crippen LogP contribution in [0.15, 0.2) is 35.4 Å². The molecule has 2 aromatic rings. The van der Waals surface area contributed by atoms with Gasteiger partial charge in [0.05, 0.1) is 18.4 Å². The average molecular weight is 283 g/mol. The van der Waals surface area contributed by atoms with Gasteiger partial charge in [0.1, 0.15) is 11.8 Å². The Bertz CT molecular complexity index is 716. The van der Waals surface area contributed by atoms with E-state index in [4.69, 9.17) is 5.26 Å². The molecular weight excluding hydrogens is 266 g/mol. The third-order valence-electron chi connectivity index (χ3n) is 3.13. The van der Waals surface area contributed by atoms with Crippen LogP contribution in [0.1, 0.15) is 24.6 Å². The summed E-state index contributed by atoms with van der Waals surface area (Å²) in [6.45, 7) is 3.29. The Kier molecular flexibility index (Phi) is 4.67. The number of nitrogens with zero attached hydrogens (tertiary/aromatic N) is 5. The molecule has 0 amide bonds. The minimum atomic E-state index is -0.161. The first-order valence-corrected chi connectivity index (χ1v) is 6.77. The third kappa shape index (κ3) is 3.66. The quantitative estimate of drug-likeness (QED) is 0.829. The fraction of sp³-hybridized carbons (Fsp3) is 0.333. The molecule has 0 fully saturated rings. The summed E-state index contributed by atoms with van der Waals surface area (Å²) in [5.41, 5.74) is 1.81. The van der Waals surface area contributed by atoms with Gasteiger partial charge in [-0.2, -0.15) is 10.4 Å². The van der Waals surface area contributed by atoms with Gasteiger partial charge in [-0.15, -0.1) is 0 Å². The molecule has 0 unspecified atom stereocenters. The maximum atomic E-state index is 12.1. The summed E-state index contributed by atoms with van der Waals surface area (Å²) >= 11 is 0. The summed E-state index contributed by atoms with van der Waals surface area (Å²) in [7, 11) is 1.94. The molecule has 2 heterocycles. The normalized spacial score (nSPS) is 10.1. The number of rotatable bonds is 5. The molecule has 108 valence electrons. The average Bonchev–Trinajstić information content (AvgIpc) is 2.49. The van der Waals surface area contributed by atoms with Crippen LogP contribution >= 0.6 is 0 Å². The highest BCUT2D eigenvalue weighted by molar-refractivity contribution is 5.41. The van der Waals surface area contributed by atoms with E-state index in [9.17, 15) is 4.79 Å². The van der Waals surface area contributed by atoms with Gasteiger partial charge in [-0.1, -0.05) is 6.92 Å². The summed E-state index contributed by atoms with van der Waals surface area (Å²) in [4.78, 5) is 18.0. The predicted molar refractivity (Wildman–Crippen MR) is 80.1 cm³/mol. The summed E-state index contributed by atoms with van der Waals surface area (Å²) in [5, 5.41) is 13.0. The molecule has 21 heavy (non-hydrogen) atoms. The summed E-state index contributed by atoms with van der Waals surface area (Å²) < 4.78 is 1.37. The van der Waals surface area contributed by atoms with Crippen LogP contribution in [0.2, 0.25) is 0 Å². The van der Waals surface area contributed by atoms with Crippen LogP contribution in [0.3, 0.4) is 0 Å². The molecule has 2 rings (SSSR count). The highest BCUT2D eigenvalue weighted by Crippen LogP contribution is 2.08. The lowest BCUT2D eigenvalue weighted by Gasteiger charge is -2.17. The van der Waals surface area contributed by atoms with Crippen molar-refractivity contribution in [1.29, 1.82) is 5.26 Å². The van der Waals surface area contributed by atoms with Gasteiger partial charge in [0.25, 0.3) is 5.56 Å². The zero-order chi connectivity index (χ0) is 15.2. The van der Waals surface area contributed by atoms with Gasteiger partial charge in [0, 0.05) is 25.9 Å². The molecule has 6 heteroatoms. The molecular formula is C15H17N5O. The molecule has 0 radical (unpaired) electrons. The van der Waals surface area contributed by atoms with E-state index < -0.39 is 0 Å². The topological polar surface area (TPSA) is 74.8 Å². The second-order valence-electron chi connectivity index (χ2n) is 4.79. The van der Waals surface area contributed by atoms with Crippen molar-refractivity contribution >= 4 is 5.69 Å². The number of anilines is 1. The van der Waals surface area contributed by atoms with Gasteiger partial charge in [0.15, 0.2) is 0 Å². The van der Waals surface area contributed by atoms with Crippen molar-refractivity contribution < 1.29 is 0 Å². The smallest absolute Gasteiger partial charge is 0.269 e. The summed E-state index contributed by atoms with van der Waals surface area (Å²) in [5.74, 6) is 0. The molecule has 0 bridgehead atoms. The lowest BCUT2D eigenvalue weighted by atomic mass is 10.2. The summed E-state index contributed by atoms with van der Waals surface area (Å²) in [6, 6.07) is 6.99. The van der Waals surface area contributed by atoms with Crippen LogP contribution in [0.25, 0.3) is 0 Å². The van der Waals surface area contributed by atoms with E-state index >= 15 is 0 Å². The highest BCUT2D eigenvalue weighted by atomic mass is 16.1. The van der Waals surface area contributed by atoms with E-state index in [2.05, 4.69) is 17.0 Å². The molecule has 0 spiro atoms. The minimum absolute atomic E-state index is 0.161. The van der Waals surface area contributed by atoms with Crippen LogP contribution < -0.4 is 10.5 Å². The lowest BCUT2D eigenvalue weighted by molar-refractivity contribution is 0.636. The second-order valence-corrected chi connectivity index (χ2v) is 4.79.